The zero-order valence-corrected chi connectivity index (χ0v) is 17.3. The van der Waals surface area contributed by atoms with Crippen LogP contribution in [-0.2, 0) is 22.8 Å². The number of fused-ring (bicyclic) bond motifs is 1. The Morgan fingerprint density at radius 1 is 1.21 bits per heavy atom. The third-order valence-electron chi connectivity index (χ3n) is 5.44. The number of hydrogen-bond donors (Lipinski definition) is 0. The molecule has 0 saturated carbocycles. The highest BCUT2D eigenvalue weighted by Crippen LogP contribution is 2.42. The predicted octanol–water partition coefficient (Wildman–Crippen LogP) is 2.76. The van der Waals surface area contributed by atoms with Crippen molar-refractivity contribution in [2.24, 2.45) is 0 Å². The van der Waals surface area contributed by atoms with Gasteiger partial charge in [0.25, 0.3) is 0 Å². The molecule has 2 aliphatic heterocycles. The lowest BCUT2D eigenvalue weighted by Gasteiger charge is -2.32. The van der Waals surface area contributed by atoms with Crippen LogP contribution < -0.4 is 4.90 Å². The van der Waals surface area contributed by atoms with E-state index in [1.807, 2.05) is 4.90 Å². The molecule has 152 valence electrons. The molecule has 1 unspecified atom stereocenters. The van der Waals surface area contributed by atoms with Crippen LogP contribution in [0.3, 0.4) is 0 Å². The standard InChI is InChI=1S/C17H23N5O4S2/c1-28(25,26)15-10-13(22(23)24)17(27-15)20-8-5-6-12(11-20)16-19-18-14-7-3-2-4-9-21(14)16/h10,12H,2-9,11H2,1H3. The number of nitrogens with zero attached hydrogens (tertiary/aromatic N) is 5. The molecule has 11 heteroatoms. The van der Waals surface area contributed by atoms with Crippen LogP contribution in [0.4, 0.5) is 10.7 Å². The Labute approximate surface area is 167 Å². The number of nitro groups is 1. The van der Waals surface area contributed by atoms with E-state index in [2.05, 4.69) is 14.8 Å². The topological polar surface area (TPSA) is 111 Å². The number of thiophene rings is 1. The molecule has 2 aromatic heterocycles. The lowest BCUT2D eigenvalue weighted by atomic mass is 9.97. The first-order chi connectivity index (χ1) is 13.3. The summed E-state index contributed by atoms with van der Waals surface area (Å²) in [6.07, 6.45) is 7.28. The van der Waals surface area contributed by atoms with Crippen LogP contribution in [0.5, 0.6) is 0 Å². The molecule has 28 heavy (non-hydrogen) atoms. The minimum absolute atomic E-state index is 0.0349. The highest BCUT2D eigenvalue weighted by atomic mass is 32.2. The SMILES string of the molecule is CS(=O)(=O)c1cc([N+](=O)[O-])c(N2CCCC(c3nnc4n3CCCCC4)C2)s1. The summed E-state index contributed by atoms with van der Waals surface area (Å²) in [5.74, 6) is 2.13. The van der Waals surface area contributed by atoms with Crippen molar-refractivity contribution in [2.75, 3.05) is 24.2 Å². The van der Waals surface area contributed by atoms with E-state index in [4.69, 9.17) is 0 Å². The first-order valence-corrected chi connectivity index (χ1v) is 12.2. The molecule has 1 atom stereocenters. The van der Waals surface area contributed by atoms with E-state index >= 15 is 0 Å². The average molecular weight is 426 g/mol. The van der Waals surface area contributed by atoms with Gasteiger partial charge in [0.05, 0.1) is 4.92 Å². The van der Waals surface area contributed by atoms with Crippen LogP contribution in [0.25, 0.3) is 0 Å². The second-order valence-electron chi connectivity index (χ2n) is 7.51. The Balaban J connectivity index is 1.64. The van der Waals surface area contributed by atoms with Crippen molar-refractivity contribution < 1.29 is 13.3 Å². The largest absolute Gasteiger partial charge is 0.357 e. The molecular formula is C17H23N5O4S2. The quantitative estimate of drug-likeness (QED) is 0.547. The van der Waals surface area contributed by atoms with Gasteiger partial charge in [0.1, 0.15) is 15.9 Å². The van der Waals surface area contributed by atoms with Gasteiger partial charge in [0, 0.05) is 44.3 Å². The highest BCUT2D eigenvalue weighted by Gasteiger charge is 2.33. The van der Waals surface area contributed by atoms with Crippen LogP contribution in [-0.4, -0.2) is 47.5 Å². The minimum Gasteiger partial charge on any atom is -0.357 e. The van der Waals surface area contributed by atoms with Crippen molar-refractivity contribution in [1.82, 2.24) is 14.8 Å². The molecule has 0 bridgehead atoms. The van der Waals surface area contributed by atoms with Gasteiger partial charge in [-0.1, -0.05) is 17.8 Å². The number of aryl methyl sites for hydroxylation is 1. The third-order valence-corrected chi connectivity index (χ3v) is 8.43. The van der Waals surface area contributed by atoms with Gasteiger partial charge in [0.2, 0.25) is 0 Å². The zero-order chi connectivity index (χ0) is 19.9. The predicted molar refractivity (Wildman–Crippen MR) is 106 cm³/mol. The van der Waals surface area contributed by atoms with E-state index in [1.54, 1.807) is 0 Å². The molecule has 4 heterocycles. The van der Waals surface area contributed by atoms with Gasteiger partial charge in [0.15, 0.2) is 14.8 Å². The fourth-order valence-electron chi connectivity index (χ4n) is 4.07. The van der Waals surface area contributed by atoms with Crippen molar-refractivity contribution in [3.05, 3.63) is 27.8 Å². The van der Waals surface area contributed by atoms with E-state index in [0.717, 1.165) is 67.9 Å². The summed E-state index contributed by atoms with van der Waals surface area (Å²) in [7, 11) is -3.49. The van der Waals surface area contributed by atoms with Gasteiger partial charge in [-0.15, -0.1) is 10.2 Å². The van der Waals surface area contributed by atoms with Gasteiger partial charge in [-0.3, -0.25) is 10.1 Å². The first-order valence-electron chi connectivity index (χ1n) is 9.50. The molecule has 2 aromatic rings. The molecule has 0 spiro atoms. The molecule has 0 aromatic carbocycles. The summed E-state index contributed by atoms with van der Waals surface area (Å²) in [4.78, 5) is 13.0. The zero-order valence-electron chi connectivity index (χ0n) is 15.7. The van der Waals surface area contributed by atoms with E-state index in [9.17, 15) is 18.5 Å². The maximum Gasteiger partial charge on any atom is 0.305 e. The Morgan fingerprint density at radius 2 is 2.04 bits per heavy atom. The van der Waals surface area contributed by atoms with E-state index in [0.29, 0.717) is 18.1 Å². The van der Waals surface area contributed by atoms with Crippen molar-refractivity contribution in [1.29, 1.82) is 0 Å². The average Bonchev–Trinajstić information content (AvgIpc) is 3.21. The molecule has 0 radical (unpaired) electrons. The Morgan fingerprint density at radius 3 is 2.79 bits per heavy atom. The van der Waals surface area contributed by atoms with Gasteiger partial charge in [-0.25, -0.2) is 8.42 Å². The first kappa shape index (κ1) is 19.3. The number of piperidine rings is 1. The molecule has 1 fully saturated rings. The van der Waals surface area contributed by atoms with Gasteiger partial charge in [-0.05, 0) is 25.7 Å². The van der Waals surface area contributed by atoms with Crippen molar-refractivity contribution in [3.63, 3.8) is 0 Å². The Kier molecular flexibility index (Phi) is 5.13. The Hall–Kier alpha value is -2.01. The summed E-state index contributed by atoms with van der Waals surface area (Å²) in [6, 6.07) is 1.18. The van der Waals surface area contributed by atoms with E-state index in [1.165, 1.54) is 12.5 Å². The normalized spacial score (nSPS) is 20.6. The van der Waals surface area contributed by atoms with E-state index < -0.39 is 14.8 Å². The molecule has 2 aliphatic rings. The molecule has 0 amide bonds. The number of aromatic nitrogens is 3. The lowest BCUT2D eigenvalue weighted by Crippen LogP contribution is -2.35. The molecule has 4 rings (SSSR count). The number of anilines is 1. The van der Waals surface area contributed by atoms with E-state index in [-0.39, 0.29) is 15.8 Å². The highest BCUT2D eigenvalue weighted by molar-refractivity contribution is 7.92. The fraction of sp³-hybridized carbons (Fsp3) is 0.647. The number of hydrogen-bond acceptors (Lipinski definition) is 8. The minimum atomic E-state index is -3.49. The molecular weight excluding hydrogens is 402 g/mol. The van der Waals surface area contributed by atoms with Crippen LogP contribution in [0.1, 0.15) is 49.7 Å². The van der Waals surface area contributed by atoms with Crippen molar-refractivity contribution in [3.8, 4) is 0 Å². The maximum atomic E-state index is 11.9. The summed E-state index contributed by atoms with van der Waals surface area (Å²) in [5, 5.41) is 20.8. The molecule has 0 aliphatic carbocycles. The van der Waals surface area contributed by atoms with Gasteiger partial charge in [-0.2, -0.15) is 0 Å². The smallest absolute Gasteiger partial charge is 0.305 e. The summed E-state index contributed by atoms with van der Waals surface area (Å²) >= 11 is 0.986. The maximum absolute atomic E-state index is 11.9. The van der Waals surface area contributed by atoms with Crippen molar-refractivity contribution in [2.45, 2.75) is 55.2 Å². The molecule has 0 N–H and O–H groups in total. The fourth-order valence-corrected chi connectivity index (χ4v) is 6.13. The van der Waals surface area contributed by atoms with Gasteiger partial charge < -0.3 is 9.47 Å². The molecule has 1 saturated heterocycles. The summed E-state index contributed by atoms with van der Waals surface area (Å²) in [6.45, 7) is 2.18. The Bertz CT molecular complexity index is 997. The summed E-state index contributed by atoms with van der Waals surface area (Å²) in [5.41, 5.74) is -0.133. The van der Waals surface area contributed by atoms with Crippen LogP contribution in [0.2, 0.25) is 0 Å². The summed E-state index contributed by atoms with van der Waals surface area (Å²) < 4.78 is 26.1. The van der Waals surface area contributed by atoms with Crippen molar-refractivity contribution >= 4 is 31.9 Å². The second-order valence-corrected chi connectivity index (χ2v) is 10.8. The monoisotopic (exact) mass is 425 g/mol. The number of rotatable bonds is 4. The van der Waals surface area contributed by atoms with Crippen LogP contribution >= 0.6 is 11.3 Å². The second kappa shape index (κ2) is 7.43. The van der Waals surface area contributed by atoms with Crippen LogP contribution in [0, 0.1) is 10.1 Å². The molecule has 9 nitrogen and oxygen atoms in total. The van der Waals surface area contributed by atoms with Crippen LogP contribution in [0.15, 0.2) is 10.3 Å². The lowest BCUT2D eigenvalue weighted by molar-refractivity contribution is -0.383. The third kappa shape index (κ3) is 3.64. The van der Waals surface area contributed by atoms with Gasteiger partial charge >= 0.3 is 5.69 Å². The number of sulfone groups is 1.